The van der Waals surface area contributed by atoms with Crippen molar-refractivity contribution in [2.75, 3.05) is 30.3 Å². The first kappa shape index (κ1) is 22.6. The molecule has 1 fully saturated rings. The number of nitrogen functional groups attached to an aromatic ring is 1. The number of anilines is 2. The molecule has 172 valence electrons. The van der Waals surface area contributed by atoms with Gasteiger partial charge in [0, 0.05) is 18.3 Å². The number of nitrogens with zero attached hydrogens (tertiary/aromatic N) is 2. The Kier molecular flexibility index (Phi) is 6.21. The second-order valence-corrected chi connectivity index (χ2v) is 8.96. The molecule has 0 aliphatic carbocycles. The van der Waals surface area contributed by atoms with Crippen LogP contribution in [0.15, 0.2) is 48.7 Å². The first-order valence-corrected chi connectivity index (χ1v) is 11.1. The van der Waals surface area contributed by atoms with Gasteiger partial charge in [-0.1, -0.05) is 24.8 Å². The van der Waals surface area contributed by atoms with E-state index in [1.807, 2.05) is 0 Å². The molecular weight excluding hydrogens is 418 g/mol. The summed E-state index contributed by atoms with van der Waals surface area (Å²) in [7, 11) is 0. The smallest absolute Gasteiger partial charge is 0.397 e. The monoisotopic (exact) mass is 447 g/mol. The summed E-state index contributed by atoms with van der Waals surface area (Å²) in [6.45, 7) is 8.41. The molecule has 1 saturated heterocycles. The molecule has 0 saturated carbocycles. The lowest BCUT2D eigenvalue weighted by atomic mass is 9.86. The molecule has 0 amide bonds. The largest absolute Gasteiger partial charge is 0.416 e. The van der Waals surface area contributed by atoms with Crippen molar-refractivity contribution in [1.82, 2.24) is 4.90 Å². The molecule has 2 aliphatic heterocycles. The van der Waals surface area contributed by atoms with Crippen LogP contribution in [0.3, 0.4) is 0 Å². The fourth-order valence-electron chi connectivity index (χ4n) is 5.19. The summed E-state index contributed by atoms with van der Waals surface area (Å²) >= 11 is 0. The quantitative estimate of drug-likeness (QED) is 0.464. The summed E-state index contributed by atoms with van der Waals surface area (Å²) in [5, 5.41) is 0. The molecule has 0 spiro atoms. The third kappa shape index (κ3) is 4.49. The van der Waals surface area contributed by atoms with E-state index in [9.17, 15) is 17.6 Å². The number of alkyl halides is 3. The molecule has 3 nitrogen and oxygen atoms in total. The summed E-state index contributed by atoms with van der Waals surface area (Å²) in [5.41, 5.74) is 9.06. The van der Waals surface area contributed by atoms with Crippen LogP contribution in [0.2, 0.25) is 0 Å². The summed E-state index contributed by atoms with van der Waals surface area (Å²) in [5.74, 6) is -0.437. The van der Waals surface area contributed by atoms with Crippen LogP contribution in [0.5, 0.6) is 0 Å². The molecule has 7 heteroatoms. The number of piperidine rings is 1. The standard InChI is InChI=1S/C25H29F4N3/c1-16-7-8-19-13-20(26)14-23(30)24(19)32(16)17(2)15-31-11-9-18(10-12-31)21-5-3-4-6-22(21)25(27,28)29/h3-6,13-14,16,18H,2,7-12,15,30H2,1H3. The fraction of sp³-hybridized carbons (Fsp3) is 0.440. The highest BCUT2D eigenvalue weighted by atomic mass is 19.4. The van der Waals surface area contributed by atoms with Crippen molar-refractivity contribution in [3.05, 3.63) is 71.2 Å². The van der Waals surface area contributed by atoms with Crippen LogP contribution in [0.25, 0.3) is 0 Å². The zero-order valence-corrected chi connectivity index (χ0v) is 18.3. The molecule has 1 atom stereocenters. The summed E-state index contributed by atoms with van der Waals surface area (Å²) in [4.78, 5) is 4.34. The number of nitrogens with two attached hydrogens (primary N) is 1. The predicted molar refractivity (Wildman–Crippen MR) is 120 cm³/mol. The van der Waals surface area contributed by atoms with E-state index in [1.165, 1.54) is 18.2 Å². The molecule has 0 aromatic heterocycles. The predicted octanol–water partition coefficient (Wildman–Crippen LogP) is 5.96. The van der Waals surface area contributed by atoms with E-state index < -0.39 is 11.7 Å². The van der Waals surface area contributed by atoms with Crippen molar-refractivity contribution in [1.29, 1.82) is 0 Å². The van der Waals surface area contributed by atoms with Crippen molar-refractivity contribution < 1.29 is 17.6 Å². The number of benzene rings is 2. The van der Waals surface area contributed by atoms with Crippen LogP contribution in [-0.4, -0.2) is 30.6 Å². The Morgan fingerprint density at radius 2 is 1.81 bits per heavy atom. The van der Waals surface area contributed by atoms with Gasteiger partial charge in [-0.15, -0.1) is 0 Å². The first-order valence-electron chi connectivity index (χ1n) is 11.1. The normalized spacial score (nSPS) is 20.3. The van der Waals surface area contributed by atoms with Crippen molar-refractivity contribution >= 4 is 11.4 Å². The van der Waals surface area contributed by atoms with Gasteiger partial charge < -0.3 is 10.6 Å². The Morgan fingerprint density at radius 1 is 1.12 bits per heavy atom. The minimum Gasteiger partial charge on any atom is -0.397 e. The van der Waals surface area contributed by atoms with Crippen molar-refractivity contribution in [2.24, 2.45) is 0 Å². The lowest BCUT2D eigenvalue weighted by molar-refractivity contribution is -0.138. The second kappa shape index (κ2) is 8.77. The van der Waals surface area contributed by atoms with Crippen molar-refractivity contribution in [3.8, 4) is 0 Å². The van der Waals surface area contributed by atoms with Gasteiger partial charge in [-0.3, -0.25) is 4.90 Å². The third-order valence-electron chi connectivity index (χ3n) is 6.74. The van der Waals surface area contributed by atoms with Crippen LogP contribution < -0.4 is 10.6 Å². The molecule has 2 aromatic rings. The molecule has 2 N–H and O–H groups in total. The number of aryl methyl sites for hydroxylation is 1. The van der Waals surface area contributed by atoms with E-state index in [0.717, 1.165) is 29.8 Å². The number of fused-ring (bicyclic) bond motifs is 1. The molecule has 4 rings (SSSR count). The van der Waals surface area contributed by atoms with Gasteiger partial charge in [0.05, 0.1) is 16.9 Å². The highest BCUT2D eigenvalue weighted by Gasteiger charge is 2.36. The van der Waals surface area contributed by atoms with Gasteiger partial charge in [0.2, 0.25) is 0 Å². The Bertz CT molecular complexity index is 993. The van der Waals surface area contributed by atoms with Gasteiger partial charge in [0.25, 0.3) is 0 Å². The Balaban J connectivity index is 1.44. The lowest BCUT2D eigenvalue weighted by Crippen LogP contribution is -2.43. The van der Waals surface area contributed by atoms with Crippen LogP contribution >= 0.6 is 0 Å². The molecule has 0 radical (unpaired) electrons. The maximum Gasteiger partial charge on any atom is 0.416 e. The highest BCUT2D eigenvalue weighted by Crippen LogP contribution is 2.40. The van der Waals surface area contributed by atoms with E-state index in [1.54, 1.807) is 18.2 Å². The molecule has 2 aliphatic rings. The number of hydrogen-bond donors (Lipinski definition) is 1. The maximum atomic E-state index is 13.8. The zero-order valence-electron chi connectivity index (χ0n) is 18.3. The minimum atomic E-state index is -4.33. The Labute approximate surface area is 186 Å². The minimum absolute atomic E-state index is 0.106. The molecule has 1 unspecified atom stereocenters. The summed E-state index contributed by atoms with van der Waals surface area (Å²) in [6, 6.07) is 8.99. The van der Waals surface area contributed by atoms with Crippen LogP contribution in [0.1, 0.15) is 48.8 Å². The second-order valence-electron chi connectivity index (χ2n) is 8.96. The number of rotatable bonds is 4. The summed E-state index contributed by atoms with van der Waals surface area (Å²) in [6.07, 6.45) is -1.35. The van der Waals surface area contributed by atoms with Crippen LogP contribution in [-0.2, 0) is 12.6 Å². The van der Waals surface area contributed by atoms with E-state index in [4.69, 9.17) is 5.73 Å². The fourth-order valence-corrected chi connectivity index (χ4v) is 5.19. The number of hydrogen-bond acceptors (Lipinski definition) is 3. The first-order chi connectivity index (χ1) is 15.1. The van der Waals surface area contributed by atoms with Crippen molar-refractivity contribution in [3.63, 3.8) is 0 Å². The molecule has 32 heavy (non-hydrogen) atoms. The maximum absolute atomic E-state index is 13.8. The number of halogens is 4. The van der Waals surface area contributed by atoms with E-state index in [-0.39, 0.29) is 17.8 Å². The van der Waals surface area contributed by atoms with Gasteiger partial charge in [-0.05, 0) is 80.9 Å². The molecule has 2 heterocycles. The topological polar surface area (TPSA) is 32.5 Å². The zero-order chi connectivity index (χ0) is 23.0. The van der Waals surface area contributed by atoms with Crippen LogP contribution in [0, 0.1) is 5.82 Å². The lowest BCUT2D eigenvalue weighted by Gasteiger charge is -2.41. The van der Waals surface area contributed by atoms with Gasteiger partial charge >= 0.3 is 6.18 Å². The van der Waals surface area contributed by atoms with Gasteiger partial charge in [0.15, 0.2) is 0 Å². The van der Waals surface area contributed by atoms with Crippen molar-refractivity contribution in [2.45, 2.75) is 50.7 Å². The average molecular weight is 448 g/mol. The summed E-state index contributed by atoms with van der Waals surface area (Å²) < 4.78 is 54.1. The molecule has 0 bridgehead atoms. The SMILES string of the molecule is C=C(CN1CCC(c2ccccc2C(F)(F)F)CC1)N1c2c(N)cc(F)cc2CCC1C. The number of likely N-dealkylation sites (tertiary alicyclic amines) is 1. The van der Waals surface area contributed by atoms with Gasteiger partial charge in [-0.2, -0.15) is 13.2 Å². The molecular formula is C25H29F4N3. The van der Waals surface area contributed by atoms with Gasteiger partial charge in [0.1, 0.15) is 5.82 Å². The van der Waals surface area contributed by atoms with E-state index in [0.29, 0.717) is 43.7 Å². The van der Waals surface area contributed by atoms with E-state index >= 15 is 0 Å². The Hall–Kier alpha value is -2.54. The van der Waals surface area contributed by atoms with Crippen LogP contribution in [0.4, 0.5) is 28.9 Å². The van der Waals surface area contributed by atoms with E-state index in [2.05, 4.69) is 23.3 Å². The average Bonchev–Trinajstić information content (AvgIpc) is 2.74. The highest BCUT2D eigenvalue weighted by molar-refractivity contribution is 5.75. The van der Waals surface area contributed by atoms with Gasteiger partial charge in [-0.25, -0.2) is 4.39 Å². The molecule has 2 aromatic carbocycles. The third-order valence-corrected chi connectivity index (χ3v) is 6.74. The Morgan fingerprint density at radius 3 is 2.50 bits per heavy atom.